The molecule has 1 heterocycles. The molecule has 1 fully saturated rings. The fourth-order valence-electron chi connectivity index (χ4n) is 3.46. The summed E-state index contributed by atoms with van der Waals surface area (Å²) >= 11 is 0. The summed E-state index contributed by atoms with van der Waals surface area (Å²) in [7, 11) is 3.80. The Hall–Kier alpha value is -1.03. The minimum absolute atomic E-state index is 0.341. The maximum Gasteiger partial charge on any atom is 0.161 e. The first-order chi connectivity index (χ1) is 9.69. The molecule has 0 aromatic carbocycles. The normalized spacial score (nSPS) is 19.1. The molecule has 114 valence electrons. The molecule has 20 heavy (non-hydrogen) atoms. The fraction of sp³-hybridized carbons (Fsp3) is 0.812. The minimum Gasteiger partial charge on any atom is -0.493 e. The molecule has 0 bridgehead atoms. The van der Waals surface area contributed by atoms with E-state index in [1.54, 1.807) is 7.11 Å². The van der Waals surface area contributed by atoms with Crippen molar-refractivity contribution in [3.05, 3.63) is 11.9 Å². The Morgan fingerprint density at radius 3 is 2.40 bits per heavy atom. The summed E-state index contributed by atoms with van der Waals surface area (Å²) in [4.78, 5) is 0. The molecule has 4 heteroatoms. The average molecular weight is 279 g/mol. The summed E-state index contributed by atoms with van der Waals surface area (Å²) in [5, 5.41) is 8.06. The van der Waals surface area contributed by atoms with E-state index in [0.29, 0.717) is 18.0 Å². The van der Waals surface area contributed by atoms with Crippen LogP contribution >= 0.6 is 0 Å². The molecule has 0 saturated heterocycles. The maximum absolute atomic E-state index is 5.56. The van der Waals surface area contributed by atoms with Crippen molar-refractivity contribution in [1.82, 2.24) is 15.1 Å². The van der Waals surface area contributed by atoms with E-state index in [1.165, 1.54) is 44.2 Å². The smallest absolute Gasteiger partial charge is 0.161 e. The molecule has 1 atom stereocenters. The van der Waals surface area contributed by atoms with Crippen molar-refractivity contribution in [2.24, 2.45) is 5.92 Å². The Balaban J connectivity index is 2.31. The van der Waals surface area contributed by atoms with Crippen molar-refractivity contribution < 1.29 is 4.74 Å². The van der Waals surface area contributed by atoms with Gasteiger partial charge in [-0.2, -0.15) is 5.10 Å². The van der Waals surface area contributed by atoms with Gasteiger partial charge < -0.3 is 10.1 Å². The SMILES string of the molecule is CNC(c1c(OC)cnn1C(C)C)C1CCCCCC1. The summed E-state index contributed by atoms with van der Waals surface area (Å²) in [5.74, 6) is 1.60. The maximum atomic E-state index is 5.56. The molecular formula is C16H29N3O. The van der Waals surface area contributed by atoms with Gasteiger partial charge in [-0.3, -0.25) is 4.68 Å². The number of hydrogen-bond donors (Lipinski definition) is 1. The topological polar surface area (TPSA) is 39.1 Å². The van der Waals surface area contributed by atoms with E-state index in [4.69, 9.17) is 4.74 Å². The molecule has 1 aliphatic rings. The van der Waals surface area contributed by atoms with Crippen molar-refractivity contribution in [1.29, 1.82) is 0 Å². The van der Waals surface area contributed by atoms with Crippen LogP contribution in [0.4, 0.5) is 0 Å². The van der Waals surface area contributed by atoms with E-state index >= 15 is 0 Å². The average Bonchev–Trinajstić information content (AvgIpc) is 2.67. The summed E-state index contributed by atoms with van der Waals surface area (Å²) in [6, 6.07) is 0.698. The third-order valence-electron chi connectivity index (χ3n) is 4.48. The Morgan fingerprint density at radius 2 is 1.90 bits per heavy atom. The van der Waals surface area contributed by atoms with Gasteiger partial charge in [0.05, 0.1) is 25.0 Å². The number of methoxy groups -OCH3 is 1. The highest BCUT2D eigenvalue weighted by Gasteiger charge is 2.29. The highest BCUT2D eigenvalue weighted by Crippen LogP contribution is 2.37. The van der Waals surface area contributed by atoms with Crippen LogP contribution in [0.3, 0.4) is 0 Å². The predicted octanol–water partition coefficient (Wildman–Crippen LogP) is 3.70. The van der Waals surface area contributed by atoms with E-state index in [2.05, 4.69) is 36.0 Å². The van der Waals surface area contributed by atoms with Gasteiger partial charge in [-0.05, 0) is 39.7 Å². The number of ether oxygens (including phenoxy) is 1. The van der Waals surface area contributed by atoms with Crippen LogP contribution in [0, 0.1) is 5.92 Å². The Bertz CT molecular complexity index is 406. The van der Waals surface area contributed by atoms with Gasteiger partial charge in [0.2, 0.25) is 0 Å². The molecular weight excluding hydrogens is 250 g/mol. The fourth-order valence-corrected chi connectivity index (χ4v) is 3.46. The zero-order valence-corrected chi connectivity index (χ0v) is 13.4. The molecule has 0 aliphatic heterocycles. The molecule has 1 N–H and O–H groups in total. The number of nitrogens with one attached hydrogen (secondary N) is 1. The third-order valence-corrected chi connectivity index (χ3v) is 4.48. The first-order valence-electron chi connectivity index (χ1n) is 7.97. The van der Waals surface area contributed by atoms with Crippen molar-refractivity contribution in [2.45, 2.75) is 64.5 Å². The lowest BCUT2D eigenvalue weighted by Gasteiger charge is -2.28. The highest BCUT2D eigenvalue weighted by atomic mass is 16.5. The van der Waals surface area contributed by atoms with E-state index in [0.717, 1.165) is 5.75 Å². The second-order valence-electron chi connectivity index (χ2n) is 6.15. The van der Waals surface area contributed by atoms with Crippen molar-refractivity contribution in [3.63, 3.8) is 0 Å². The number of rotatable bonds is 5. The first kappa shape index (κ1) is 15.4. The Morgan fingerprint density at radius 1 is 1.25 bits per heavy atom. The van der Waals surface area contributed by atoms with Crippen LogP contribution in [0.1, 0.15) is 70.2 Å². The van der Waals surface area contributed by atoms with Crippen molar-refractivity contribution >= 4 is 0 Å². The molecule has 1 saturated carbocycles. The molecule has 2 rings (SSSR count). The third kappa shape index (κ3) is 3.17. The van der Waals surface area contributed by atoms with Gasteiger partial charge in [0.15, 0.2) is 5.75 Å². The standard InChI is InChI=1S/C16H29N3O/c1-12(2)19-16(14(20-4)11-18-19)15(17-3)13-9-7-5-6-8-10-13/h11-13,15,17H,5-10H2,1-4H3. The zero-order valence-electron chi connectivity index (χ0n) is 13.4. The highest BCUT2D eigenvalue weighted by molar-refractivity contribution is 5.29. The largest absolute Gasteiger partial charge is 0.493 e. The molecule has 0 amide bonds. The molecule has 1 unspecified atom stereocenters. The number of hydrogen-bond acceptors (Lipinski definition) is 3. The Kier molecular flexibility index (Phi) is 5.46. The monoisotopic (exact) mass is 279 g/mol. The van der Waals surface area contributed by atoms with Crippen LogP contribution in [0.5, 0.6) is 5.75 Å². The predicted molar refractivity (Wildman–Crippen MR) is 82.2 cm³/mol. The van der Waals surface area contributed by atoms with E-state index in [-0.39, 0.29) is 0 Å². The van der Waals surface area contributed by atoms with Gasteiger partial charge in [0, 0.05) is 6.04 Å². The minimum atomic E-state index is 0.341. The summed E-state index contributed by atoms with van der Waals surface area (Å²) in [6.45, 7) is 4.35. The van der Waals surface area contributed by atoms with Gasteiger partial charge in [-0.15, -0.1) is 0 Å². The molecule has 1 aliphatic carbocycles. The molecule has 1 aromatic heterocycles. The lowest BCUT2D eigenvalue weighted by molar-refractivity contribution is 0.304. The van der Waals surface area contributed by atoms with E-state index < -0.39 is 0 Å². The Labute approximate surface area is 122 Å². The second kappa shape index (κ2) is 7.11. The number of nitrogens with zero attached hydrogens (tertiary/aromatic N) is 2. The molecule has 1 aromatic rings. The molecule has 4 nitrogen and oxygen atoms in total. The van der Waals surface area contributed by atoms with E-state index in [1.807, 2.05) is 6.20 Å². The van der Waals surface area contributed by atoms with Gasteiger partial charge in [-0.25, -0.2) is 0 Å². The van der Waals surface area contributed by atoms with Crippen LogP contribution in [0.2, 0.25) is 0 Å². The lowest BCUT2D eigenvalue weighted by atomic mass is 9.89. The lowest BCUT2D eigenvalue weighted by Crippen LogP contribution is -2.28. The second-order valence-corrected chi connectivity index (χ2v) is 6.15. The zero-order chi connectivity index (χ0) is 14.5. The van der Waals surface area contributed by atoms with Crippen LogP contribution in [-0.4, -0.2) is 23.9 Å². The van der Waals surface area contributed by atoms with E-state index in [9.17, 15) is 0 Å². The molecule has 0 radical (unpaired) electrons. The van der Waals surface area contributed by atoms with Crippen molar-refractivity contribution in [3.8, 4) is 5.75 Å². The van der Waals surface area contributed by atoms with Crippen molar-refractivity contribution in [2.75, 3.05) is 14.2 Å². The summed E-state index contributed by atoms with van der Waals surface area (Å²) < 4.78 is 7.67. The van der Waals surface area contributed by atoms with Crippen LogP contribution in [0.15, 0.2) is 6.20 Å². The van der Waals surface area contributed by atoms with Crippen LogP contribution in [0.25, 0.3) is 0 Å². The summed E-state index contributed by atoms with van der Waals surface area (Å²) in [6.07, 6.45) is 9.93. The first-order valence-corrected chi connectivity index (χ1v) is 7.97. The van der Waals surface area contributed by atoms with Gasteiger partial charge in [-0.1, -0.05) is 25.7 Å². The summed E-state index contributed by atoms with van der Waals surface area (Å²) in [5.41, 5.74) is 1.22. The quantitative estimate of drug-likeness (QED) is 0.835. The molecule has 0 spiro atoms. The van der Waals surface area contributed by atoms with Crippen LogP contribution in [-0.2, 0) is 0 Å². The van der Waals surface area contributed by atoms with Crippen LogP contribution < -0.4 is 10.1 Å². The van der Waals surface area contributed by atoms with Gasteiger partial charge in [0.1, 0.15) is 0 Å². The van der Waals surface area contributed by atoms with Gasteiger partial charge in [0.25, 0.3) is 0 Å². The number of aromatic nitrogens is 2. The van der Waals surface area contributed by atoms with Gasteiger partial charge >= 0.3 is 0 Å².